The van der Waals surface area contributed by atoms with Crippen molar-refractivity contribution in [3.8, 4) is 0 Å². The van der Waals surface area contributed by atoms with Crippen molar-refractivity contribution in [1.82, 2.24) is 0 Å². The normalized spacial score (nSPS) is 13.5. The number of benzene rings is 2. The van der Waals surface area contributed by atoms with E-state index in [-0.39, 0.29) is 5.91 Å². The summed E-state index contributed by atoms with van der Waals surface area (Å²) < 4.78 is 0.784. The van der Waals surface area contributed by atoms with Crippen molar-refractivity contribution in [2.75, 3.05) is 4.90 Å². The van der Waals surface area contributed by atoms with Crippen LogP contribution in [0.4, 0.5) is 5.69 Å². The molecule has 1 aliphatic heterocycles. The second-order valence-electron chi connectivity index (χ2n) is 4.58. The molecule has 0 unspecified atom stereocenters. The molecule has 0 fully saturated rings. The number of anilines is 1. The first kappa shape index (κ1) is 13.4. The molecule has 3 rings (SSSR count). The molecule has 0 radical (unpaired) electrons. The van der Waals surface area contributed by atoms with Crippen LogP contribution in [0.1, 0.15) is 21.5 Å². The molecule has 2 nitrogen and oxygen atoms in total. The second-order valence-corrected chi connectivity index (χ2v) is 5.82. The predicted molar refractivity (Wildman–Crippen MR) is 86.2 cm³/mol. The van der Waals surface area contributed by atoms with Crippen molar-refractivity contribution >= 4 is 45.2 Å². The first-order chi connectivity index (χ1) is 9.61. The number of amides is 1. The van der Waals surface area contributed by atoms with Crippen molar-refractivity contribution in [2.24, 2.45) is 0 Å². The quantitative estimate of drug-likeness (QED) is 0.755. The zero-order chi connectivity index (χ0) is 14.3. The fraction of sp³-hybridized carbons (Fsp3) is 0.0625. The van der Waals surface area contributed by atoms with Crippen LogP contribution in [-0.4, -0.2) is 5.91 Å². The van der Waals surface area contributed by atoms with E-state index in [9.17, 15) is 4.79 Å². The van der Waals surface area contributed by atoms with Crippen LogP contribution < -0.4 is 4.90 Å². The maximum absolute atomic E-state index is 12.5. The number of halogens is 2. The van der Waals surface area contributed by atoms with Gasteiger partial charge >= 0.3 is 0 Å². The maximum Gasteiger partial charge on any atom is 0.259 e. The molecule has 2 aromatic rings. The highest BCUT2D eigenvalue weighted by molar-refractivity contribution is 9.10. The smallest absolute Gasteiger partial charge is 0.259 e. The molecule has 0 N–H and O–H groups in total. The van der Waals surface area contributed by atoms with E-state index in [0.717, 1.165) is 26.9 Å². The minimum atomic E-state index is -0.0244. The van der Waals surface area contributed by atoms with Gasteiger partial charge in [0.1, 0.15) is 0 Å². The van der Waals surface area contributed by atoms with Gasteiger partial charge < -0.3 is 4.90 Å². The van der Waals surface area contributed by atoms with E-state index in [1.807, 2.05) is 36.4 Å². The molecule has 0 saturated heterocycles. The first-order valence-electron chi connectivity index (χ1n) is 6.13. The molecule has 100 valence electrons. The molecule has 0 atom stereocenters. The molecule has 0 bridgehead atoms. The number of carbonyl (C=O) groups excluding carboxylic acids is 1. The Morgan fingerprint density at radius 2 is 2.10 bits per heavy atom. The number of rotatable bonds is 2. The van der Waals surface area contributed by atoms with E-state index in [2.05, 4.69) is 22.5 Å². The number of hydrogen-bond donors (Lipinski definition) is 0. The lowest BCUT2D eigenvalue weighted by molar-refractivity contribution is 0.0996. The predicted octanol–water partition coefficient (Wildman–Crippen LogP) is 4.91. The molecule has 2 aromatic carbocycles. The van der Waals surface area contributed by atoms with E-state index in [1.165, 1.54) is 0 Å². The lowest BCUT2D eigenvalue weighted by atomic mass is 10.1. The largest absolute Gasteiger partial charge is 0.302 e. The third kappa shape index (κ3) is 2.07. The Morgan fingerprint density at radius 1 is 1.30 bits per heavy atom. The summed E-state index contributed by atoms with van der Waals surface area (Å²) in [7, 11) is 0. The average Bonchev–Trinajstić information content (AvgIpc) is 2.78. The Bertz CT molecular complexity index is 726. The monoisotopic (exact) mass is 347 g/mol. The highest BCUT2D eigenvalue weighted by Gasteiger charge is 2.30. The fourth-order valence-corrected chi connectivity index (χ4v) is 2.92. The van der Waals surface area contributed by atoms with Crippen molar-refractivity contribution in [1.29, 1.82) is 0 Å². The summed E-state index contributed by atoms with van der Waals surface area (Å²) in [4.78, 5) is 14.2. The number of hydrogen-bond acceptors (Lipinski definition) is 1. The van der Waals surface area contributed by atoms with Crippen molar-refractivity contribution in [3.63, 3.8) is 0 Å². The Labute approximate surface area is 130 Å². The van der Waals surface area contributed by atoms with Crippen molar-refractivity contribution in [2.45, 2.75) is 6.54 Å². The van der Waals surface area contributed by atoms with Gasteiger partial charge in [-0.2, -0.15) is 0 Å². The Hall–Kier alpha value is -1.58. The SMILES string of the molecule is C=Cc1ccc2c(c1)C(=O)N(c1cccc(Br)c1Cl)C2. The Morgan fingerprint density at radius 3 is 2.85 bits per heavy atom. The van der Waals surface area contributed by atoms with Crippen LogP contribution in [0.25, 0.3) is 6.08 Å². The third-order valence-electron chi connectivity index (χ3n) is 3.40. The van der Waals surface area contributed by atoms with Crippen LogP contribution >= 0.6 is 27.5 Å². The van der Waals surface area contributed by atoms with Crippen molar-refractivity contribution < 1.29 is 4.79 Å². The summed E-state index contributed by atoms with van der Waals surface area (Å²) in [6.45, 7) is 4.28. The second kappa shape index (κ2) is 5.08. The van der Waals surface area contributed by atoms with Crippen LogP contribution in [-0.2, 0) is 6.54 Å². The van der Waals surface area contributed by atoms with Gasteiger partial charge in [-0.25, -0.2) is 0 Å². The summed E-state index contributed by atoms with van der Waals surface area (Å²) in [5, 5.41) is 0.553. The van der Waals surface area contributed by atoms with Crippen LogP contribution in [0.15, 0.2) is 47.4 Å². The van der Waals surface area contributed by atoms with Gasteiger partial charge in [-0.1, -0.05) is 42.5 Å². The maximum atomic E-state index is 12.5. The molecule has 1 aliphatic rings. The lowest BCUT2D eigenvalue weighted by Crippen LogP contribution is -2.23. The summed E-state index contributed by atoms with van der Waals surface area (Å²) in [5.41, 5.74) is 3.40. The summed E-state index contributed by atoms with van der Waals surface area (Å²) >= 11 is 9.67. The molecule has 4 heteroatoms. The van der Waals surface area contributed by atoms with Crippen LogP contribution in [0.3, 0.4) is 0 Å². The molecule has 1 amide bonds. The highest BCUT2D eigenvalue weighted by Crippen LogP contribution is 2.37. The van der Waals surface area contributed by atoms with Gasteiger partial charge in [0.2, 0.25) is 0 Å². The fourth-order valence-electron chi connectivity index (χ4n) is 2.34. The van der Waals surface area contributed by atoms with E-state index in [0.29, 0.717) is 11.6 Å². The van der Waals surface area contributed by atoms with Gasteiger partial charge in [0, 0.05) is 10.0 Å². The molecular weight excluding hydrogens is 338 g/mol. The van der Waals surface area contributed by atoms with E-state index >= 15 is 0 Å². The van der Waals surface area contributed by atoms with Gasteiger partial charge in [0.15, 0.2) is 0 Å². The van der Waals surface area contributed by atoms with Gasteiger partial charge in [-0.3, -0.25) is 4.79 Å². The van der Waals surface area contributed by atoms with Gasteiger partial charge in [-0.15, -0.1) is 0 Å². The standard InChI is InChI=1S/C16H11BrClNO/c1-2-10-6-7-11-9-19(16(20)12(11)8-10)14-5-3-4-13(17)15(14)18/h2-8H,1,9H2. The van der Waals surface area contributed by atoms with E-state index in [1.54, 1.807) is 11.0 Å². The molecule has 0 saturated carbocycles. The third-order valence-corrected chi connectivity index (χ3v) is 4.68. The molecule has 0 aliphatic carbocycles. The van der Waals surface area contributed by atoms with E-state index in [4.69, 9.17) is 11.6 Å². The zero-order valence-electron chi connectivity index (χ0n) is 10.6. The topological polar surface area (TPSA) is 20.3 Å². The summed E-state index contributed by atoms with van der Waals surface area (Å²) in [5.74, 6) is -0.0244. The summed E-state index contributed by atoms with van der Waals surface area (Å²) in [6.07, 6.45) is 1.74. The van der Waals surface area contributed by atoms with Crippen LogP contribution in [0.5, 0.6) is 0 Å². The van der Waals surface area contributed by atoms with Gasteiger partial charge in [0.05, 0.1) is 17.3 Å². The molecule has 0 spiro atoms. The lowest BCUT2D eigenvalue weighted by Gasteiger charge is -2.17. The van der Waals surface area contributed by atoms with Crippen LogP contribution in [0, 0.1) is 0 Å². The minimum Gasteiger partial charge on any atom is -0.302 e. The number of fused-ring (bicyclic) bond motifs is 1. The van der Waals surface area contributed by atoms with Crippen LogP contribution in [0.2, 0.25) is 5.02 Å². The Balaban J connectivity index is 2.05. The Kier molecular flexibility index (Phi) is 3.40. The number of carbonyl (C=O) groups is 1. The molecule has 0 aromatic heterocycles. The van der Waals surface area contributed by atoms with Gasteiger partial charge in [0.25, 0.3) is 5.91 Å². The summed E-state index contributed by atoms with van der Waals surface area (Å²) in [6, 6.07) is 11.4. The average molecular weight is 349 g/mol. The van der Waals surface area contributed by atoms with Gasteiger partial charge in [-0.05, 0) is 45.3 Å². The highest BCUT2D eigenvalue weighted by atomic mass is 79.9. The molecule has 20 heavy (non-hydrogen) atoms. The molecular formula is C16H11BrClNO. The van der Waals surface area contributed by atoms with Crippen molar-refractivity contribution in [3.05, 3.63) is 69.2 Å². The minimum absolute atomic E-state index is 0.0244. The van der Waals surface area contributed by atoms with E-state index < -0.39 is 0 Å². The molecule has 1 heterocycles. The number of nitrogens with zero attached hydrogens (tertiary/aromatic N) is 1. The zero-order valence-corrected chi connectivity index (χ0v) is 12.9. The first-order valence-corrected chi connectivity index (χ1v) is 7.30.